The molecule has 1 aromatic heterocycles. The van der Waals surface area contributed by atoms with E-state index in [-0.39, 0.29) is 5.75 Å². The first-order valence-corrected chi connectivity index (χ1v) is 7.11. The number of H-pyrrole nitrogens is 1. The molecule has 0 radical (unpaired) electrons. The first-order valence-electron chi connectivity index (χ1n) is 4.26. The van der Waals surface area contributed by atoms with Crippen molar-refractivity contribution < 1.29 is 8.42 Å². The lowest BCUT2D eigenvalue weighted by atomic mass is 10.3. The number of hydrogen-bond donors (Lipinski definition) is 1. The van der Waals surface area contributed by atoms with Gasteiger partial charge in [0.05, 0.1) is 11.0 Å². The zero-order valence-corrected chi connectivity index (χ0v) is 10.4. The molecular weight excluding hydrogens is 280 g/mol. The van der Waals surface area contributed by atoms with Crippen LogP contribution in [0, 0.1) is 0 Å². The summed E-state index contributed by atoms with van der Waals surface area (Å²) in [6, 6.07) is 5.57. The number of halogens is 1. The van der Waals surface area contributed by atoms with Crippen molar-refractivity contribution in [1.82, 2.24) is 9.97 Å². The van der Waals surface area contributed by atoms with Gasteiger partial charge in [-0.1, -0.05) is 15.9 Å². The molecule has 0 saturated heterocycles. The van der Waals surface area contributed by atoms with Gasteiger partial charge < -0.3 is 4.98 Å². The van der Waals surface area contributed by atoms with Crippen LogP contribution in [0.25, 0.3) is 11.0 Å². The van der Waals surface area contributed by atoms with Crippen molar-refractivity contribution in [2.45, 2.75) is 5.75 Å². The molecule has 0 aliphatic heterocycles. The maximum absolute atomic E-state index is 11.1. The van der Waals surface area contributed by atoms with E-state index in [1.54, 1.807) is 0 Å². The molecule has 0 spiro atoms. The van der Waals surface area contributed by atoms with Gasteiger partial charge in [0.2, 0.25) is 0 Å². The van der Waals surface area contributed by atoms with Crippen molar-refractivity contribution in [2.24, 2.45) is 0 Å². The Morgan fingerprint density at radius 1 is 1.47 bits per heavy atom. The van der Waals surface area contributed by atoms with Crippen LogP contribution in [-0.2, 0) is 15.6 Å². The number of fused-ring (bicyclic) bond motifs is 1. The highest BCUT2D eigenvalue weighted by molar-refractivity contribution is 9.10. The van der Waals surface area contributed by atoms with Crippen molar-refractivity contribution in [2.75, 3.05) is 6.26 Å². The van der Waals surface area contributed by atoms with E-state index >= 15 is 0 Å². The van der Waals surface area contributed by atoms with E-state index in [0.29, 0.717) is 5.82 Å². The average molecular weight is 289 g/mol. The van der Waals surface area contributed by atoms with Gasteiger partial charge in [0.1, 0.15) is 11.6 Å². The summed E-state index contributed by atoms with van der Waals surface area (Å²) in [6.45, 7) is 0. The van der Waals surface area contributed by atoms with Crippen LogP contribution >= 0.6 is 15.9 Å². The SMILES string of the molecule is CS(=O)(=O)Cc1nc2ccc(Br)cc2[nH]1. The largest absolute Gasteiger partial charge is 0.341 e. The van der Waals surface area contributed by atoms with E-state index < -0.39 is 9.84 Å². The highest BCUT2D eigenvalue weighted by Gasteiger charge is 2.09. The molecule has 0 amide bonds. The minimum atomic E-state index is -3.04. The monoisotopic (exact) mass is 288 g/mol. The van der Waals surface area contributed by atoms with E-state index in [2.05, 4.69) is 25.9 Å². The van der Waals surface area contributed by atoms with Gasteiger partial charge in [-0.05, 0) is 18.2 Å². The van der Waals surface area contributed by atoms with Crippen molar-refractivity contribution in [3.05, 3.63) is 28.5 Å². The summed E-state index contributed by atoms with van der Waals surface area (Å²) in [5, 5.41) is 0. The van der Waals surface area contributed by atoms with Gasteiger partial charge in [-0.2, -0.15) is 0 Å². The molecule has 80 valence electrons. The fourth-order valence-electron chi connectivity index (χ4n) is 1.35. The smallest absolute Gasteiger partial charge is 0.154 e. The number of nitrogens with zero attached hydrogens (tertiary/aromatic N) is 1. The van der Waals surface area contributed by atoms with Crippen LogP contribution in [0.2, 0.25) is 0 Å². The van der Waals surface area contributed by atoms with E-state index in [1.807, 2.05) is 18.2 Å². The molecular formula is C9H9BrN2O2S. The molecule has 0 fully saturated rings. The van der Waals surface area contributed by atoms with Crippen molar-refractivity contribution >= 4 is 36.8 Å². The third-order valence-electron chi connectivity index (χ3n) is 1.89. The third kappa shape index (κ3) is 2.57. The molecule has 2 aromatic rings. The molecule has 1 heterocycles. The summed E-state index contributed by atoms with van der Waals surface area (Å²) in [5.41, 5.74) is 1.61. The van der Waals surface area contributed by atoms with Crippen LogP contribution in [0.3, 0.4) is 0 Å². The minimum absolute atomic E-state index is 0.0563. The molecule has 0 aliphatic rings. The standard InChI is InChI=1S/C9H9BrN2O2S/c1-15(13,14)5-9-11-7-3-2-6(10)4-8(7)12-9/h2-4H,5H2,1H3,(H,11,12). The lowest BCUT2D eigenvalue weighted by Gasteiger charge is -1.91. The zero-order chi connectivity index (χ0) is 11.1. The molecule has 0 aliphatic carbocycles. The van der Waals surface area contributed by atoms with Gasteiger partial charge >= 0.3 is 0 Å². The van der Waals surface area contributed by atoms with Crippen LogP contribution in [0.1, 0.15) is 5.82 Å². The third-order valence-corrected chi connectivity index (χ3v) is 3.18. The van der Waals surface area contributed by atoms with Crippen molar-refractivity contribution in [3.63, 3.8) is 0 Å². The van der Waals surface area contributed by atoms with E-state index in [4.69, 9.17) is 0 Å². The molecule has 0 bridgehead atoms. The Morgan fingerprint density at radius 3 is 2.87 bits per heavy atom. The second-order valence-electron chi connectivity index (χ2n) is 3.42. The Balaban J connectivity index is 2.48. The molecule has 1 aromatic carbocycles. The number of rotatable bonds is 2. The topological polar surface area (TPSA) is 62.8 Å². The summed E-state index contributed by atoms with van der Waals surface area (Å²) in [6.07, 6.45) is 1.19. The Bertz CT molecular complexity index is 604. The quantitative estimate of drug-likeness (QED) is 0.918. The average Bonchev–Trinajstić information content (AvgIpc) is 2.42. The number of imidazole rings is 1. The molecule has 15 heavy (non-hydrogen) atoms. The van der Waals surface area contributed by atoms with Crippen LogP contribution < -0.4 is 0 Å². The van der Waals surface area contributed by atoms with Crippen LogP contribution in [0.5, 0.6) is 0 Å². The second-order valence-corrected chi connectivity index (χ2v) is 6.47. The van der Waals surface area contributed by atoms with Gasteiger partial charge in [-0.3, -0.25) is 0 Å². The maximum Gasteiger partial charge on any atom is 0.154 e. The first-order chi connectivity index (χ1) is 6.94. The van der Waals surface area contributed by atoms with Crippen molar-refractivity contribution in [3.8, 4) is 0 Å². The molecule has 4 nitrogen and oxygen atoms in total. The highest BCUT2D eigenvalue weighted by atomic mass is 79.9. The molecule has 6 heteroatoms. The second kappa shape index (κ2) is 3.61. The molecule has 0 saturated carbocycles. The van der Waals surface area contributed by atoms with E-state index in [1.165, 1.54) is 6.26 Å². The molecule has 0 unspecified atom stereocenters. The molecule has 2 rings (SSSR count). The van der Waals surface area contributed by atoms with Gasteiger partial charge in [0.25, 0.3) is 0 Å². The molecule has 0 atom stereocenters. The first kappa shape index (κ1) is 10.6. The van der Waals surface area contributed by atoms with Crippen LogP contribution in [-0.4, -0.2) is 24.6 Å². The van der Waals surface area contributed by atoms with Gasteiger partial charge in [0.15, 0.2) is 9.84 Å². The Labute approximate surface area is 95.8 Å². The number of benzene rings is 1. The predicted molar refractivity (Wildman–Crippen MR) is 62.3 cm³/mol. The van der Waals surface area contributed by atoms with E-state index in [9.17, 15) is 8.42 Å². The van der Waals surface area contributed by atoms with Gasteiger partial charge in [-0.15, -0.1) is 0 Å². The number of aromatic amines is 1. The summed E-state index contributed by atoms with van der Waals surface area (Å²) < 4.78 is 23.1. The Hall–Kier alpha value is -0.880. The number of nitrogens with one attached hydrogen (secondary N) is 1. The summed E-state index contributed by atoms with van der Waals surface area (Å²) >= 11 is 3.34. The predicted octanol–water partition coefficient (Wildman–Crippen LogP) is 1.87. The Kier molecular flexibility index (Phi) is 2.56. The zero-order valence-electron chi connectivity index (χ0n) is 7.99. The fourth-order valence-corrected chi connectivity index (χ4v) is 2.35. The van der Waals surface area contributed by atoms with Gasteiger partial charge in [0, 0.05) is 10.7 Å². The van der Waals surface area contributed by atoms with E-state index in [0.717, 1.165) is 15.5 Å². The molecule has 1 N–H and O–H groups in total. The lowest BCUT2D eigenvalue weighted by Crippen LogP contribution is -2.01. The Morgan fingerprint density at radius 2 is 2.20 bits per heavy atom. The van der Waals surface area contributed by atoms with Crippen molar-refractivity contribution in [1.29, 1.82) is 0 Å². The van der Waals surface area contributed by atoms with Crippen LogP contribution in [0.4, 0.5) is 0 Å². The minimum Gasteiger partial charge on any atom is -0.341 e. The summed E-state index contributed by atoms with van der Waals surface area (Å²) in [4.78, 5) is 7.16. The summed E-state index contributed by atoms with van der Waals surface area (Å²) in [7, 11) is -3.04. The maximum atomic E-state index is 11.1. The van der Waals surface area contributed by atoms with Gasteiger partial charge in [-0.25, -0.2) is 13.4 Å². The summed E-state index contributed by atoms with van der Waals surface area (Å²) in [5.74, 6) is 0.421. The number of hydrogen-bond acceptors (Lipinski definition) is 3. The fraction of sp³-hybridized carbons (Fsp3) is 0.222. The number of sulfone groups is 1. The highest BCUT2D eigenvalue weighted by Crippen LogP contribution is 2.18. The number of aromatic nitrogens is 2. The normalized spacial score (nSPS) is 12.1. The van der Waals surface area contributed by atoms with Crippen LogP contribution in [0.15, 0.2) is 22.7 Å². The lowest BCUT2D eigenvalue weighted by molar-refractivity contribution is 0.600.